The minimum atomic E-state index is 1.11. The lowest BCUT2D eigenvalue weighted by Crippen LogP contribution is -2.01. The number of aromatic nitrogens is 2. The van der Waals surface area contributed by atoms with Crippen molar-refractivity contribution in [2.45, 2.75) is 45.4 Å². The van der Waals surface area contributed by atoms with E-state index in [2.05, 4.69) is 39.5 Å². The zero-order chi connectivity index (χ0) is 11.8. The van der Waals surface area contributed by atoms with Gasteiger partial charge in [0.25, 0.3) is 0 Å². The van der Waals surface area contributed by atoms with Crippen molar-refractivity contribution in [2.24, 2.45) is 0 Å². The summed E-state index contributed by atoms with van der Waals surface area (Å²) in [5.41, 5.74) is 5.12. The van der Waals surface area contributed by atoms with E-state index in [0.29, 0.717) is 0 Å². The summed E-state index contributed by atoms with van der Waals surface area (Å²) in [4.78, 5) is 4.80. The Morgan fingerprint density at radius 3 is 2.76 bits per heavy atom. The van der Waals surface area contributed by atoms with E-state index in [4.69, 9.17) is 4.98 Å². The topological polar surface area (TPSA) is 17.3 Å². The smallest absolute Gasteiger partial charge is 0.137 e. The van der Waals surface area contributed by atoms with E-state index in [1.165, 1.54) is 53.5 Å². The number of hydrogen-bond acceptors (Lipinski definition) is 1. The van der Waals surface area contributed by atoms with Crippen LogP contribution in [0.4, 0.5) is 0 Å². The van der Waals surface area contributed by atoms with Crippen LogP contribution in [0, 0.1) is 6.92 Å². The SMILES string of the molecule is Cc1cc2nc3c(n2cc1Br)CCCCCC3. The fourth-order valence-electron chi connectivity index (χ4n) is 2.66. The van der Waals surface area contributed by atoms with E-state index >= 15 is 0 Å². The van der Waals surface area contributed by atoms with Crippen LogP contribution in [0.5, 0.6) is 0 Å². The minimum absolute atomic E-state index is 1.11. The first-order valence-corrected chi connectivity index (χ1v) is 7.21. The molecule has 2 heterocycles. The van der Waals surface area contributed by atoms with Gasteiger partial charge in [0.15, 0.2) is 0 Å². The Morgan fingerprint density at radius 1 is 1.18 bits per heavy atom. The lowest BCUT2D eigenvalue weighted by atomic mass is 10.0. The maximum atomic E-state index is 4.80. The van der Waals surface area contributed by atoms with Crippen molar-refractivity contribution in [3.63, 3.8) is 0 Å². The molecule has 0 saturated heterocycles. The normalized spacial score (nSPS) is 16.6. The molecule has 2 aromatic rings. The van der Waals surface area contributed by atoms with Gasteiger partial charge in [0.05, 0.1) is 5.69 Å². The van der Waals surface area contributed by atoms with Crippen LogP contribution in [-0.4, -0.2) is 9.38 Å². The summed E-state index contributed by atoms with van der Waals surface area (Å²) in [5, 5.41) is 0. The van der Waals surface area contributed by atoms with Crippen molar-refractivity contribution in [1.29, 1.82) is 0 Å². The quantitative estimate of drug-likeness (QED) is 0.716. The molecule has 0 aliphatic heterocycles. The highest BCUT2D eigenvalue weighted by Crippen LogP contribution is 2.24. The van der Waals surface area contributed by atoms with Gasteiger partial charge < -0.3 is 4.40 Å². The van der Waals surface area contributed by atoms with Gasteiger partial charge in [-0.2, -0.15) is 0 Å². The summed E-state index contributed by atoms with van der Waals surface area (Å²) in [7, 11) is 0. The van der Waals surface area contributed by atoms with Crippen molar-refractivity contribution in [2.75, 3.05) is 0 Å². The zero-order valence-corrected chi connectivity index (χ0v) is 11.8. The average molecular weight is 293 g/mol. The first kappa shape index (κ1) is 11.3. The Kier molecular flexibility index (Phi) is 2.95. The predicted octanol–water partition coefficient (Wildman–Crippen LogP) is 4.06. The standard InChI is InChI=1S/C14H17BrN2/c1-10-8-14-16-12-6-4-2-3-5-7-13(12)17(14)9-11(10)15/h8-9H,2-7H2,1H3. The molecule has 0 N–H and O–H groups in total. The first-order chi connectivity index (χ1) is 8.25. The highest BCUT2D eigenvalue weighted by atomic mass is 79.9. The fraction of sp³-hybridized carbons (Fsp3) is 0.500. The van der Waals surface area contributed by atoms with Gasteiger partial charge in [0.1, 0.15) is 5.65 Å². The molecule has 0 spiro atoms. The van der Waals surface area contributed by atoms with Gasteiger partial charge in [-0.3, -0.25) is 0 Å². The van der Waals surface area contributed by atoms with Gasteiger partial charge in [-0.25, -0.2) is 4.98 Å². The molecule has 2 nitrogen and oxygen atoms in total. The van der Waals surface area contributed by atoms with Crippen LogP contribution in [0.25, 0.3) is 5.65 Å². The molecule has 0 aromatic carbocycles. The van der Waals surface area contributed by atoms with Crippen LogP contribution in [-0.2, 0) is 12.8 Å². The highest BCUT2D eigenvalue weighted by Gasteiger charge is 2.14. The summed E-state index contributed by atoms with van der Waals surface area (Å²) >= 11 is 3.62. The van der Waals surface area contributed by atoms with Crippen LogP contribution >= 0.6 is 15.9 Å². The third kappa shape index (κ3) is 2.01. The number of pyridine rings is 1. The van der Waals surface area contributed by atoms with Crippen LogP contribution in [0.2, 0.25) is 0 Å². The third-order valence-electron chi connectivity index (χ3n) is 3.66. The Morgan fingerprint density at radius 2 is 1.94 bits per heavy atom. The number of aryl methyl sites for hydroxylation is 3. The lowest BCUT2D eigenvalue weighted by molar-refractivity contribution is 0.604. The van der Waals surface area contributed by atoms with Gasteiger partial charge in [-0.1, -0.05) is 12.8 Å². The number of fused-ring (bicyclic) bond motifs is 3. The molecule has 0 unspecified atom stereocenters. The second-order valence-electron chi connectivity index (χ2n) is 4.95. The summed E-state index contributed by atoms with van der Waals surface area (Å²) in [5.74, 6) is 0. The van der Waals surface area contributed by atoms with Crippen molar-refractivity contribution in [3.8, 4) is 0 Å². The van der Waals surface area contributed by atoms with Gasteiger partial charge in [-0.15, -0.1) is 0 Å². The fourth-order valence-corrected chi connectivity index (χ4v) is 2.98. The lowest BCUT2D eigenvalue weighted by Gasteiger charge is -2.09. The monoisotopic (exact) mass is 292 g/mol. The molecular weight excluding hydrogens is 276 g/mol. The molecule has 3 heteroatoms. The molecule has 0 amide bonds. The number of rotatable bonds is 0. The Hall–Kier alpha value is -0.830. The minimum Gasteiger partial charge on any atom is -0.303 e. The summed E-state index contributed by atoms with van der Waals surface area (Å²) < 4.78 is 3.45. The summed E-state index contributed by atoms with van der Waals surface area (Å²) in [6.07, 6.45) is 9.80. The number of imidazole rings is 1. The van der Waals surface area contributed by atoms with E-state index in [9.17, 15) is 0 Å². The average Bonchev–Trinajstić information content (AvgIpc) is 2.56. The summed E-state index contributed by atoms with van der Waals surface area (Å²) in [6, 6.07) is 2.18. The maximum absolute atomic E-state index is 4.80. The Labute approximate surface area is 110 Å². The molecule has 0 fully saturated rings. The molecule has 2 aromatic heterocycles. The highest BCUT2D eigenvalue weighted by molar-refractivity contribution is 9.10. The van der Waals surface area contributed by atoms with Gasteiger partial charge in [0, 0.05) is 16.4 Å². The number of halogens is 1. The Balaban J connectivity index is 2.19. The third-order valence-corrected chi connectivity index (χ3v) is 4.49. The molecule has 0 bridgehead atoms. The van der Waals surface area contributed by atoms with Crippen LogP contribution in [0.1, 0.15) is 42.6 Å². The predicted molar refractivity (Wildman–Crippen MR) is 73.5 cm³/mol. The van der Waals surface area contributed by atoms with E-state index in [1.807, 2.05) is 0 Å². The molecule has 0 atom stereocenters. The zero-order valence-electron chi connectivity index (χ0n) is 10.2. The van der Waals surface area contributed by atoms with Crippen LogP contribution in [0.15, 0.2) is 16.7 Å². The molecule has 3 rings (SSSR count). The van der Waals surface area contributed by atoms with E-state index in [1.54, 1.807) is 0 Å². The van der Waals surface area contributed by atoms with Crippen molar-refractivity contribution >= 4 is 21.6 Å². The second kappa shape index (κ2) is 4.45. The number of nitrogens with zero attached hydrogens (tertiary/aromatic N) is 2. The van der Waals surface area contributed by atoms with E-state index in [-0.39, 0.29) is 0 Å². The molecular formula is C14H17BrN2. The van der Waals surface area contributed by atoms with Crippen LogP contribution < -0.4 is 0 Å². The summed E-state index contributed by atoms with van der Waals surface area (Å²) in [6.45, 7) is 2.12. The first-order valence-electron chi connectivity index (χ1n) is 6.41. The van der Waals surface area contributed by atoms with Crippen LogP contribution in [0.3, 0.4) is 0 Å². The second-order valence-corrected chi connectivity index (χ2v) is 5.81. The maximum Gasteiger partial charge on any atom is 0.137 e. The van der Waals surface area contributed by atoms with E-state index < -0.39 is 0 Å². The van der Waals surface area contributed by atoms with Crippen molar-refractivity contribution in [3.05, 3.63) is 33.7 Å². The molecule has 90 valence electrons. The molecule has 1 aliphatic carbocycles. The largest absolute Gasteiger partial charge is 0.303 e. The van der Waals surface area contributed by atoms with Gasteiger partial charge >= 0.3 is 0 Å². The number of hydrogen-bond donors (Lipinski definition) is 0. The molecule has 0 radical (unpaired) electrons. The van der Waals surface area contributed by atoms with Gasteiger partial charge in [0.2, 0.25) is 0 Å². The molecule has 1 aliphatic rings. The molecule has 0 saturated carbocycles. The van der Waals surface area contributed by atoms with Crippen molar-refractivity contribution < 1.29 is 0 Å². The van der Waals surface area contributed by atoms with E-state index in [0.717, 1.165) is 12.1 Å². The molecule has 17 heavy (non-hydrogen) atoms. The van der Waals surface area contributed by atoms with Gasteiger partial charge in [-0.05, 0) is 60.2 Å². The van der Waals surface area contributed by atoms with Crippen molar-refractivity contribution in [1.82, 2.24) is 9.38 Å². The Bertz CT molecular complexity index is 557.